The van der Waals surface area contributed by atoms with Crippen molar-refractivity contribution in [3.05, 3.63) is 0 Å². The van der Waals surface area contributed by atoms with E-state index in [2.05, 4.69) is 0 Å². The minimum absolute atomic E-state index is 0.138. The van der Waals surface area contributed by atoms with Crippen LogP contribution in [0.3, 0.4) is 0 Å². The molecule has 2 rings (SSSR count). The molecule has 1 aliphatic heterocycles. The van der Waals surface area contributed by atoms with Crippen LogP contribution in [0.4, 0.5) is 0 Å². The van der Waals surface area contributed by atoms with Gasteiger partial charge in [0, 0.05) is 6.42 Å². The van der Waals surface area contributed by atoms with Crippen molar-refractivity contribution in [3.8, 4) is 0 Å². The van der Waals surface area contributed by atoms with E-state index in [-0.39, 0.29) is 6.42 Å². The Morgan fingerprint density at radius 2 is 1.93 bits per heavy atom. The van der Waals surface area contributed by atoms with E-state index in [1.165, 1.54) is 0 Å². The first-order chi connectivity index (χ1) is 6.41. The summed E-state index contributed by atoms with van der Waals surface area (Å²) in [6.07, 6.45) is -2.43. The van der Waals surface area contributed by atoms with Crippen LogP contribution in [-0.2, 0) is 19.1 Å². The molecule has 5 heteroatoms. The third-order valence-electron chi connectivity index (χ3n) is 2.44. The van der Waals surface area contributed by atoms with Crippen LogP contribution in [0.2, 0.25) is 0 Å². The minimum atomic E-state index is -1.23. The molecular weight excluding hydrogens is 188 g/mol. The highest BCUT2D eigenvalue weighted by molar-refractivity contribution is 6.41. The van der Waals surface area contributed by atoms with Crippen LogP contribution < -0.4 is 0 Å². The quantitative estimate of drug-likeness (QED) is 0.529. The Labute approximate surface area is 81.0 Å². The summed E-state index contributed by atoms with van der Waals surface area (Å²) in [7, 11) is 0. The maximum Gasteiger partial charge on any atom is 0.232 e. The van der Waals surface area contributed by atoms with Gasteiger partial charge in [-0.05, 0) is 13.8 Å². The maximum absolute atomic E-state index is 11.4. The molecule has 0 aromatic carbocycles. The number of hydrogen-bond acceptors (Lipinski definition) is 5. The fourth-order valence-corrected chi connectivity index (χ4v) is 1.86. The lowest BCUT2D eigenvalue weighted by atomic mass is 9.90. The lowest BCUT2D eigenvalue weighted by Gasteiger charge is -2.23. The minimum Gasteiger partial charge on any atom is -0.385 e. The number of Topliss-reactive ketones (excluding diaryl/α,β-unsaturated/α-hetero) is 2. The first kappa shape index (κ1) is 9.76. The van der Waals surface area contributed by atoms with Crippen molar-refractivity contribution in [2.45, 2.75) is 44.4 Å². The number of rotatable bonds is 0. The van der Waals surface area contributed by atoms with E-state index in [1.54, 1.807) is 13.8 Å². The molecule has 0 radical (unpaired) electrons. The second-order valence-electron chi connectivity index (χ2n) is 4.07. The summed E-state index contributed by atoms with van der Waals surface area (Å²) in [5.41, 5.74) is 0. The van der Waals surface area contributed by atoms with Crippen molar-refractivity contribution >= 4 is 11.6 Å². The SMILES string of the molecule is CC1(C)O[C@H]2CC(O)C(=O)C(=O)[C@H]2O1. The Balaban J connectivity index is 2.23. The van der Waals surface area contributed by atoms with E-state index in [4.69, 9.17) is 9.47 Å². The van der Waals surface area contributed by atoms with Gasteiger partial charge < -0.3 is 14.6 Å². The van der Waals surface area contributed by atoms with Gasteiger partial charge in [-0.3, -0.25) is 9.59 Å². The molecule has 14 heavy (non-hydrogen) atoms. The molecule has 1 saturated carbocycles. The maximum atomic E-state index is 11.4. The van der Waals surface area contributed by atoms with Gasteiger partial charge in [0.05, 0.1) is 6.10 Å². The highest BCUT2D eigenvalue weighted by atomic mass is 16.8. The van der Waals surface area contributed by atoms with Gasteiger partial charge >= 0.3 is 0 Å². The van der Waals surface area contributed by atoms with Gasteiger partial charge in [0.25, 0.3) is 0 Å². The molecule has 3 atom stereocenters. The van der Waals surface area contributed by atoms with Crippen molar-refractivity contribution < 1.29 is 24.2 Å². The fourth-order valence-electron chi connectivity index (χ4n) is 1.86. The summed E-state index contributed by atoms with van der Waals surface area (Å²) in [6.45, 7) is 3.35. The zero-order chi connectivity index (χ0) is 10.5. The average Bonchev–Trinajstić information content (AvgIpc) is 2.37. The summed E-state index contributed by atoms with van der Waals surface area (Å²) in [6, 6.07) is 0. The summed E-state index contributed by atoms with van der Waals surface area (Å²) < 4.78 is 10.7. The number of hydrogen-bond donors (Lipinski definition) is 1. The van der Waals surface area contributed by atoms with E-state index in [0.29, 0.717) is 0 Å². The number of aliphatic hydroxyl groups is 1. The molecule has 78 valence electrons. The summed E-state index contributed by atoms with van der Waals surface area (Å²) in [5, 5.41) is 9.26. The van der Waals surface area contributed by atoms with Crippen molar-refractivity contribution in [2.24, 2.45) is 0 Å². The monoisotopic (exact) mass is 200 g/mol. The van der Waals surface area contributed by atoms with Crippen molar-refractivity contribution in [1.82, 2.24) is 0 Å². The highest BCUT2D eigenvalue weighted by Crippen LogP contribution is 2.34. The lowest BCUT2D eigenvalue weighted by Crippen LogP contribution is -2.48. The molecule has 1 aliphatic carbocycles. The molecule has 0 aromatic heterocycles. The third-order valence-corrected chi connectivity index (χ3v) is 2.44. The molecule has 0 spiro atoms. The van der Waals surface area contributed by atoms with Crippen LogP contribution >= 0.6 is 0 Å². The Kier molecular flexibility index (Phi) is 1.99. The zero-order valence-electron chi connectivity index (χ0n) is 8.02. The molecule has 1 N–H and O–H groups in total. The Bertz CT molecular complexity index is 296. The van der Waals surface area contributed by atoms with Gasteiger partial charge in [0.1, 0.15) is 6.10 Å². The predicted octanol–water partition coefficient (Wildman–Crippen LogP) is -0.591. The molecule has 5 nitrogen and oxygen atoms in total. The summed E-state index contributed by atoms with van der Waals surface area (Å²) in [4.78, 5) is 22.5. The van der Waals surface area contributed by atoms with Gasteiger partial charge in [-0.25, -0.2) is 0 Å². The molecular formula is C9H12O5. The van der Waals surface area contributed by atoms with E-state index >= 15 is 0 Å². The average molecular weight is 200 g/mol. The van der Waals surface area contributed by atoms with Crippen LogP contribution in [0.15, 0.2) is 0 Å². The highest BCUT2D eigenvalue weighted by Gasteiger charge is 2.52. The van der Waals surface area contributed by atoms with Crippen LogP contribution in [0.5, 0.6) is 0 Å². The standard InChI is InChI=1S/C9H12O5/c1-9(2)13-5-3-4(10)6(11)7(12)8(5)14-9/h4-5,8,10H,3H2,1-2H3/t4?,5-,8-/m0/s1. The van der Waals surface area contributed by atoms with Crippen molar-refractivity contribution in [3.63, 3.8) is 0 Å². The normalized spacial score (nSPS) is 41.2. The van der Waals surface area contributed by atoms with Gasteiger partial charge in [-0.15, -0.1) is 0 Å². The molecule has 1 saturated heterocycles. The van der Waals surface area contributed by atoms with Crippen molar-refractivity contribution in [2.75, 3.05) is 0 Å². The third kappa shape index (κ3) is 1.37. The van der Waals surface area contributed by atoms with E-state index in [0.717, 1.165) is 0 Å². The molecule has 0 amide bonds. The molecule has 0 bridgehead atoms. The van der Waals surface area contributed by atoms with Crippen molar-refractivity contribution in [1.29, 1.82) is 0 Å². The second kappa shape index (κ2) is 2.85. The topological polar surface area (TPSA) is 72.8 Å². The Morgan fingerprint density at radius 3 is 2.57 bits per heavy atom. The Hall–Kier alpha value is -0.780. The van der Waals surface area contributed by atoms with Gasteiger partial charge in [-0.2, -0.15) is 0 Å². The summed E-state index contributed by atoms with van der Waals surface area (Å²) in [5.74, 6) is -2.30. The number of fused-ring (bicyclic) bond motifs is 1. The molecule has 2 fully saturated rings. The first-order valence-corrected chi connectivity index (χ1v) is 4.52. The number of carbonyl (C=O) groups is 2. The van der Waals surface area contributed by atoms with Gasteiger partial charge in [0.2, 0.25) is 11.6 Å². The number of ketones is 2. The van der Waals surface area contributed by atoms with Crippen LogP contribution in [-0.4, -0.2) is 40.8 Å². The van der Waals surface area contributed by atoms with Crippen LogP contribution in [0, 0.1) is 0 Å². The summed E-state index contributed by atoms with van der Waals surface area (Å²) >= 11 is 0. The molecule has 1 unspecified atom stereocenters. The molecule has 2 aliphatic rings. The number of aliphatic hydroxyl groups excluding tert-OH is 1. The lowest BCUT2D eigenvalue weighted by molar-refractivity contribution is -0.157. The number of carbonyl (C=O) groups excluding carboxylic acids is 2. The van der Waals surface area contributed by atoms with E-state index < -0.39 is 35.7 Å². The molecule has 1 heterocycles. The zero-order valence-corrected chi connectivity index (χ0v) is 8.02. The van der Waals surface area contributed by atoms with Crippen LogP contribution in [0.1, 0.15) is 20.3 Å². The van der Waals surface area contributed by atoms with E-state index in [1.807, 2.05) is 0 Å². The largest absolute Gasteiger partial charge is 0.385 e. The van der Waals surface area contributed by atoms with Gasteiger partial charge in [-0.1, -0.05) is 0 Å². The number of ether oxygens (including phenoxy) is 2. The molecule has 0 aromatic rings. The van der Waals surface area contributed by atoms with E-state index in [9.17, 15) is 14.7 Å². The Morgan fingerprint density at radius 1 is 1.29 bits per heavy atom. The van der Waals surface area contributed by atoms with Gasteiger partial charge in [0.15, 0.2) is 11.9 Å². The fraction of sp³-hybridized carbons (Fsp3) is 0.778. The smallest absolute Gasteiger partial charge is 0.232 e. The predicted molar refractivity (Wildman–Crippen MR) is 44.5 cm³/mol. The first-order valence-electron chi connectivity index (χ1n) is 4.52. The van der Waals surface area contributed by atoms with Crippen LogP contribution in [0.25, 0.3) is 0 Å². The second-order valence-corrected chi connectivity index (χ2v) is 4.07.